The van der Waals surface area contributed by atoms with Crippen molar-refractivity contribution >= 4 is 11.6 Å². The van der Waals surface area contributed by atoms with E-state index in [9.17, 15) is 4.79 Å². The SMILES string of the molecule is Cc1cccc(Oc2ccc(NC(=O)[C@@H]3CC[C@H](CN)O3)cc2)c1. The van der Waals surface area contributed by atoms with E-state index in [4.69, 9.17) is 15.2 Å². The molecule has 0 spiro atoms. The first-order chi connectivity index (χ1) is 11.6. The third-order valence-electron chi connectivity index (χ3n) is 4.01. The predicted octanol–water partition coefficient (Wildman–Crippen LogP) is 3.23. The fourth-order valence-electron chi connectivity index (χ4n) is 2.72. The van der Waals surface area contributed by atoms with Crippen LogP contribution in [0.5, 0.6) is 11.5 Å². The number of aryl methyl sites for hydroxylation is 1. The molecule has 1 amide bonds. The third-order valence-corrected chi connectivity index (χ3v) is 4.01. The van der Waals surface area contributed by atoms with Gasteiger partial charge in [-0.15, -0.1) is 0 Å². The number of anilines is 1. The van der Waals surface area contributed by atoms with Gasteiger partial charge in [0.15, 0.2) is 0 Å². The van der Waals surface area contributed by atoms with Crippen LogP contribution in [0.4, 0.5) is 5.69 Å². The molecule has 0 bridgehead atoms. The van der Waals surface area contributed by atoms with E-state index in [0.29, 0.717) is 13.0 Å². The van der Waals surface area contributed by atoms with Crippen molar-refractivity contribution in [2.24, 2.45) is 5.73 Å². The molecule has 0 aromatic heterocycles. The third kappa shape index (κ3) is 4.13. The van der Waals surface area contributed by atoms with Crippen molar-refractivity contribution < 1.29 is 14.3 Å². The number of carbonyl (C=O) groups excluding carboxylic acids is 1. The van der Waals surface area contributed by atoms with Crippen LogP contribution in [0.25, 0.3) is 0 Å². The van der Waals surface area contributed by atoms with Crippen LogP contribution in [0.1, 0.15) is 18.4 Å². The number of carbonyl (C=O) groups is 1. The molecule has 0 radical (unpaired) electrons. The molecule has 1 aliphatic rings. The summed E-state index contributed by atoms with van der Waals surface area (Å²) < 4.78 is 11.4. The lowest BCUT2D eigenvalue weighted by atomic mass is 10.2. The number of amides is 1. The van der Waals surface area contributed by atoms with Crippen LogP contribution < -0.4 is 15.8 Å². The molecule has 126 valence electrons. The lowest BCUT2D eigenvalue weighted by molar-refractivity contribution is -0.126. The van der Waals surface area contributed by atoms with Gasteiger partial charge in [0, 0.05) is 12.2 Å². The Labute approximate surface area is 141 Å². The van der Waals surface area contributed by atoms with Crippen LogP contribution in [0.2, 0.25) is 0 Å². The maximum atomic E-state index is 12.2. The summed E-state index contributed by atoms with van der Waals surface area (Å²) >= 11 is 0. The van der Waals surface area contributed by atoms with Gasteiger partial charge in [-0.2, -0.15) is 0 Å². The molecule has 3 rings (SSSR count). The maximum absolute atomic E-state index is 12.2. The molecule has 5 nitrogen and oxygen atoms in total. The average molecular weight is 326 g/mol. The minimum absolute atomic E-state index is 0.00847. The van der Waals surface area contributed by atoms with E-state index in [1.54, 1.807) is 0 Å². The molecule has 0 aliphatic carbocycles. The van der Waals surface area contributed by atoms with E-state index in [1.807, 2.05) is 55.5 Å². The summed E-state index contributed by atoms with van der Waals surface area (Å²) in [7, 11) is 0. The number of hydrogen-bond donors (Lipinski definition) is 2. The monoisotopic (exact) mass is 326 g/mol. The maximum Gasteiger partial charge on any atom is 0.253 e. The van der Waals surface area contributed by atoms with Crippen molar-refractivity contribution in [1.82, 2.24) is 0 Å². The lowest BCUT2D eigenvalue weighted by Gasteiger charge is -2.13. The number of benzene rings is 2. The number of nitrogens with one attached hydrogen (secondary N) is 1. The molecule has 1 fully saturated rings. The molecular weight excluding hydrogens is 304 g/mol. The molecule has 2 aromatic rings. The Morgan fingerprint density at radius 1 is 1.21 bits per heavy atom. The second-order valence-corrected chi connectivity index (χ2v) is 5.99. The van der Waals surface area contributed by atoms with Crippen LogP contribution in [0.3, 0.4) is 0 Å². The van der Waals surface area contributed by atoms with Gasteiger partial charge < -0.3 is 20.5 Å². The molecule has 1 aliphatic heterocycles. The highest BCUT2D eigenvalue weighted by Crippen LogP contribution is 2.25. The highest BCUT2D eigenvalue weighted by molar-refractivity contribution is 5.94. The van der Waals surface area contributed by atoms with Gasteiger partial charge in [0.2, 0.25) is 0 Å². The van der Waals surface area contributed by atoms with Gasteiger partial charge in [-0.1, -0.05) is 12.1 Å². The summed E-state index contributed by atoms with van der Waals surface area (Å²) in [6.07, 6.45) is 1.12. The minimum atomic E-state index is -0.415. The highest BCUT2D eigenvalue weighted by Gasteiger charge is 2.29. The van der Waals surface area contributed by atoms with Gasteiger partial charge in [-0.3, -0.25) is 4.79 Å². The van der Waals surface area contributed by atoms with Crippen molar-refractivity contribution in [2.75, 3.05) is 11.9 Å². The zero-order valence-electron chi connectivity index (χ0n) is 13.7. The number of ether oxygens (including phenoxy) is 2. The fraction of sp³-hybridized carbons (Fsp3) is 0.316. The summed E-state index contributed by atoms with van der Waals surface area (Å²) in [5.41, 5.74) is 7.43. The van der Waals surface area contributed by atoms with Crippen molar-refractivity contribution in [3.8, 4) is 11.5 Å². The number of hydrogen-bond acceptors (Lipinski definition) is 4. The first-order valence-corrected chi connectivity index (χ1v) is 8.15. The Hall–Kier alpha value is -2.37. The van der Waals surface area contributed by atoms with Gasteiger partial charge in [0.1, 0.15) is 17.6 Å². The standard InChI is InChI=1S/C19H22N2O3/c1-13-3-2-4-16(11-13)23-15-7-5-14(6-8-15)21-19(22)18-10-9-17(12-20)24-18/h2-8,11,17-18H,9-10,12,20H2,1H3,(H,21,22)/t17-,18+/m1/s1. The van der Waals surface area contributed by atoms with Crippen molar-refractivity contribution in [3.63, 3.8) is 0 Å². The normalized spacial score (nSPS) is 19.9. The molecule has 0 saturated carbocycles. The molecule has 5 heteroatoms. The lowest BCUT2D eigenvalue weighted by Crippen LogP contribution is -2.29. The quantitative estimate of drug-likeness (QED) is 0.885. The molecule has 2 atom stereocenters. The Morgan fingerprint density at radius 2 is 2.00 bits per heavy atom. The Morgan fingerprint density at radius 3 is 2.67 bits per heavy atom. The van der Waals surface area contributed by atoms with Crippen LogP contribution >= 0.6 is 0 Å². The van der Waals surface area contributed by atoms with Gasteiger partial charge >= 0.3 is 0 Å². The van der Waals surface area contributed by atoms with Gasteiger partial charge in [-0.05, 0) is 61.7 Å². The topological polar surface area (TPSA) is 73.6 Å². The van der Waals surface area contributed by atoms with E-state index < -0.39 is 6.10 Å². The van der Waals surface area contributed by atoms with E-state index >= 15 is 0 Å². The molecule has 0 unspecified atom stereocenters. The van der Waals surface area contributed by atoms with Crippen molar-refractivity contribution in [1.29, 1.82) is 0 Å². The van der Waals surface area contributed by atoms with E-state index in [0.717, 1.165) is 29.2 Å². The van der Waals surface area contributed by atoms with E-state index in [1.165, 1.54) is 0 Å². The van der Waals surface area contributed by atoms with Crippen LogP contribution in [0, 0.1) is 6.92 Å². The number of rotatable bonds is 5. The zero-order valence-corrected chi connectivity index (χ0v) is 13.7. The van der Waals surface area contributed by atoms with E-state index in [-0.39, 0.29) is 12.0 Å². The van der Waals surface area contributed by atoms with Crippen molar-refractivity contribution in [2.45, 2.75) is 32.0 Å². The molecule has 1 saturated heterocycles. The predicted molar refractivity (Wildman–Crippen MR) is 93.3 cm³/mol. The van der Waals surface area contributed by atoms with E-state index in [2.05, 4.69) is 5.32 Å². The Kier molecular flexibility index (Phi) is 5.13. The molecule has 24 heavy (non-hydrogen) atoms. The first kappa shape index (κ1) is 16.5. The minimum Gasteiger partial charge on any atom is -0.457 e. The first-order valence-electron chi connectivity index (χ1n) is 8.15. The second-order valence-electron chi connectivity index (χ2n) is 5.99. The number of nitrogens with two attached hydrogens (primary N) is 1. The summed E-state index contributed by atoms with van der Waals surface area (Å²) in [5, 5.41) is 2.87. The average Bonchev–Trinajstić information content (AvgIpc) is 3.06. The smallest absolute Gasteiger partial charge is 0.253 e. The van der Waals surface area contributed by atoms with Crippen LogP contribution in [-0.4, -0.2) is 24.7 Å². The summed E-state index contributed by atoms with van der Waals surface area (Å²) in [4.78, 5) is 12.2. The fourth-order valence-corrected chi connectivity index (χ4v) is 2.72. The molecule has 1 heterocycles. The molecule has 3 N–H and O–H groups in total. The molecule has 2 aromatic carbocycles. The van der Waals surface area contributed by atoms with Crippen molar-refractivity contribution in [3.05, 3.63) is 54.1 Å². The summed E-state index contributed by atoms with van der Waals surface area (Å²) in [5.74, 6) is 1.39. The second kappa shape index (κ2) is 7.47. The Bertz CT molecular complexity index is 700. The van der Waals surface area contributed by atoms with Gasteiger partial charge in [0.05, 0.1) is 6.10 Å². The summed E-state index contributed by atoms with van der Waals surface area (Å²) in [6.45, 7) is 2.47. The molecular formula is C19H22N2O3. The van der Waals surface area contributed by atoms with Crippen LogP contribution in [0.15, 0.2) is 48.5 Å². The van der Waals surface area contributed by atoms with Gasteiger partial charge in [0.25, 0.3) is 5.91 Å². The Balaban J connectivity index is 1.57. The van der Waals surface area contributed by atoms with Gasteiger partial charge in [-0.25, -0.2) is 0 Å². The zero-order chi connectivity index (χ0) is 16.9. The summed E-state index contributed by atoms with van der Waals surface area (Å²) in [6, 6.07) is 15.2. The van der Waals surface area contributed by atoms with Crippen LogP contribution in [-0.2, 0) is 9.53 Å². The highest BCUT2D eigenvalue weighted by atomic mass is 16.5. The largest absolute Gasteiger partial charge is 0.457 e.